The molecule has 0 unspecified atom stereocenters. The van der Waals surface area contributed by atoms with Crippen molar-refractivity contribution >= 4 is 87.4 Å². The summed E-state index contributed by atoms with van der Waals surface area (Å²) in [5.74, 6) is 1.55. The highest BCUT2D eigenvalue weighted by Crippen LogP contribution is 2.43. The second kappa shape index (κ2) is 11.7. The lowest BCUT2D eigenvalue weighted by Crippen LogP contribution is -2.07. The number of fused-ring (bicyclic) bond motifs is 13. The minimum Gasteiger partial charge on any atom is -0.455 e. The van der Waals surface area contributed by atoms with Crippen molar-refractivity contribution in [3.8, 4) is 34.7 Å². The molecule has 0 atom stereocenters. The van der Waals surface area contributed by atoms with Gasteiger partial charge in [-0.05, 0) is 35.7 Å². The number of hydrogen-bond donors (Lipinski definition) is 0. The average Bonchev–Trinajstić information content (AvgIpc) is 4.06. The van der Waals surface area contributed by atoms with Crippen LogP contribution in [0.4, 0.5) is 0 Å². The van der Waals surface area contributed by atoms with Gasteiger partial charge < -0.3 is 8.83 Å². The first-order valence-corrected chi connectivity index (χ1v) is 19.2. The topological polar surface area (TPSA) is 87.7 Å². The third kappa shape index (κ3) is 4.33. The lowest BCUT2D eigenvalue weighted by molar-refractivity contribution is 0.577. The van der Waals surface area contributed by atoms with Crippen molar-refractivity contribution in [2.75, 3.05) is 0 Å². The summed E-state index contributed by atoms with van der Waals surface area (Å²) in [6, 6.07) is 58.5. The highest BCUT2D eigenvalue weighted by Gasteiger charge is 2.26. The Bertz CT molecular complexity index is 3820. The quantitative estimate of drug-likeness (QED) is 0.178. The van der Waals surface area contributed by atoms with E-state index < -0.39 is 0 Å². The zero-order chi connectivity index (χ0) is 37.9. The predicted octanol–water partition coefficient (Wildman–Crippen LogP) is 12.6. The number of furan rings is 1. The maximum atomic E-state index is 6.82. The van der Waals surface area contributed by atoms with E-state index in [1.807, 2.05) is 78.9 Å². The van der Waals surface area contributed by atoms with Gasteiger partial charge in [0.2, 0.25) is 5.95 Å². The van der Waals surface area contributed by atoms with Gasteiger partial charge in [0.1, 0.15) is 16.7 Å². The Morgan fingerprint density at radius 3 is 1.83 bits per heavy atom. The van der Waals surface area contributed by atoms with Crippen LogP contribution in [-0.2, 0) is 0 Å². The van der Waals surface area contributed by atoms with Crippen LogP contribution in [-0.4, -0.2) is 29.1 Å². The number of aromatic nitrogens is 6. The summed E-state index contributed by atoms with van der Waals surface area (Å²) >= 11 is 0. The molecular formula is C50H28N6O2. The van der Waals surface area contributed by atoms with E-state index in [-0.39, 0.29) is 0 Å². The van der Waals surface area contributed by atoms with Crippen LogP contribution in [0.15, 0.2) is 179 Å². The van der Waals surface area contributed by atoms with Gasteiger partial charge >= 0.3 is 6.01 Å². The Labute approximate surface area is 328 Å². The molecule has 0 radical (unpaired) electrons. The highest BCUT2D eigenvalue weighted by molar-refractivity contribution is 6.23. The van der Waals surface area contributed by atoms with Crippen LogP contribution in [0, 0.1) is 0 Å². The molecule has 0 aliphatic carbocycles. The summed E-state index contributed by atoms with van der Waals surface area (Å²) in [4.78, 5) is 21.0. The van der Waals surface area contributed by atoms with Crippen molar-refractivity contribution in [3.05, 3.63) is 170 Å². The van der Waals surface area contributed by atoms with E-state index >= 15 is 0 Å². The standard InChI is InChI=1S/C50H28N6O2/c1-2-14-30(15-3-1)47-52-48(38-21-12-20-37-34-19-8-11-24-42(34)57-45(37)38)54-49(53-47)55-40-22-9-6-17-32(40)35-26-27-36-33-18-7-10-23-41(33)56(44(36)43(35)55)50-51-39-28-25-29-13-4-5-16-31(29)46(39)58-50/h1-28H. The molecule has 8 aromatic carbocycles. The molecule has 5 aromatic heterocycles. The number of para-hydroxylation sites is 4. The zero-order valence-electron chi connectivity index (χ0n) is 30.7. The number of benzene rings is 8. The van der Waals surface area contributed by atoms with Gasteiger partial charge in [0.05, 0.1) is 27.6 Å². The Morgan fingerprint density at radius 2 is 1.02 bits per heavy atom. The van der Waals surface area contributed by atoms with E-state index in [0.717, 1.165) is 98.5 Å². The maximum absolute atomic E-state index is 6.82. The second-order valence-electron chi connectivity index (χ2n) is 14.6. The normalized spacial score (nSPS) is 12.1. The molecule has 58 heavy (non-hydrogen) atoms. The molecule has 270 valence electrons. The molecule has 0 fully saturated rings. The Morgan fingerprint density at radius 1 is 0.379 bits per heavy atom. The van der Waals surface area contributed by atoms with Crippen LogP contribution in [0.5, 0.6) is 0 Å². The van der Waals surface area contributed by atoms with E-state index in [2.05, 4.69) is 100 Å². The van der Waals surface area contributed by atoms with Crippen LogP contribution in [0.25, 0.3) is 122 Å². The van der Waals surface area contributed by atoms with Crippen molar-refractivity contribution in [2.45, 2.75) is 0 Å². The van der Waals surface area contributed by atoms with Gasteiger partial charge in [-0.25, -0.2) is 4.98 Å². The van der Waals surface area contributed by atoms with Gasteiger partial charge in [-0.2, -0.15) is 15.0 Å². The van der Waals surface area contributed by atoms with E-state index in [1.165, 1.54) is 0 Å². The minimum atomic E-state index is 0.482. The summed E-state index contributed by atoms with van der Waals surface area (Å²) in [5.41, 5.74) is 8.56. The van der Waals surface area contributed by atoms with Crippen LogP contribution in [0.1, 0.15) is 0 Å². The Hall–Kier alpha value is -8.10. The third-order valence-corrected chi connectivity index (χ3v) is 11.4. The molecule has 0 spiro atoms. The number of oxazole rings is 1. The van der Waals surface area contributed by atoms with Crippen LogP contribution in [0.2, 0.25) is 0 Å². The molecule has 0 N–H and O–H groups in total. The maximum Gasteiger partial charge on any atom is 0.307 e. The van der Waals surface area contributed by atoms with E-state index in [0.29, 0.717) is 23.6 Å². The Balaban J connectivity index is 1.17. The first-order valence-electron chi connectivity index (χ1n) is 19.2. The average molecular weight is 745 g/mol. The van der Waals surface area contributed by atoms with Crippen molar-refractivity contribution in [2.24, 2.45) is 0 Å². The zero-order valence-corrected chi connectivity index (χ0v) is 30.7. The van der Waals surface area contributed by atoms with E-state index in [4.69, 9.17) is 28.8 Å². The summed E-state index contributed by atoms with van der Waals surface area (Å²) in [5, 5.41) is 8.43. The number of rotatable bonds is 4. The van der Waals surface area contributed by atoms with E-state index in [9.17, 15) is 0 Å². The molecular weight excluding hydrogens is 717 g/mol. The SMILES string of the molecule is c1ccc(-c2nc(-c3cccc4c3oc3ccccc34)nc(-n3c4ccccc4c4ccc5c6ccccc6n(-c6nc7ccc8ccccc8c7o6)c5c43)n2)cc1. The number of nitrogens with zero attached hydrogens (tertiary/aromatic N) is 6. The fraction of sp³-hybridized carbons (Fsp3) is 0. The molecule has 13 aromatic rings. The lowest BCUT2D eigenvalue weighted by Gasteiger charge is -2.12. The van der Waals surface area contributed by atoms with E-state index in [1.54, 1.807) is 0 Å². The number of hydrogen-bond acceptors (Lipinski definition) is 6. The van der Waals surface area contributed by atoms with Gasteiger partial charge in [0.15, 0.2) is 17.2 Å². The third-order valence-electron chi connectivity index (χ3n) is 11.4. The van der Waals surface area contributed by atoms with Gasteiger partial charge in [0, 0.05) is 43.3 Å². The molecule has 13 rings (SSSR count). The summed E-state index contributed by atoms with van der Waals surface area (Å²) < 4.78 is 17.7. The molecule has 0 aliphatic rings. The largest absolute Gasteiger partial charge is 0.455 e. The van der Waals surface area contributed by atoms with Gasteiger partial charge in [-0.1, -0.05) is 140 Å². The van der Waals surface area contributed by atoms with Crippen molar-refractivity contribution in [3.63, 3.8) is 0 Å². The second-order valence-corrected chi connectivity index (χ2v) is 14.6. The van der Waals surface area contributed by atoms with Crippen LogP contribution >= 0.6 is 0 Å². The monoisotopic (exact) mass is 744 g/mol. The highest BCUT2D eigenvalue weighted by atomic mass is 16.4. The molecule has 0 bridgehead atoms. The molecule has 8 heteroatoms. The first kappa shape index (κ1) is 31.1. The van der Waals surface area contributed by atoms with Gasteiger partial charge in [0.25, 0.3) is 0 Å². The van der Waals surface area contributed by atoms with Gasteiger partial charge in [-0.15, -0.1) is 0 Å². The predicted molar refractivity (Wildman–Crippen MR) is 232 cm³/mol. The summed E-state index contributed by atoms with van der Waals surface area (Å²) in [6.45, 7) is 0. The van der Waals surface area contributed by atoms with Crippen molar-refractivity contribution < 1.29 is 8.83 Å². The fourth-order valence-electron chi connectivity index (χ4n) is 8.87. The fourth-order valence-corrected chi connectivity index (χ4v) is 8.87. The molecule has 0 aliphatic heterocycles. The first-order chi connectivity index (χ1) is 28.8. The smallest absolute Gasteiger partial charge is 0.307 e. The van der Waals surface area contributed by atoms with Crippen LogP contribution < -0.4 is 0 Å². The Kier molecular flexibility index (Phi) is 6.29. The summed E-state index contributed by atoms with van der Waals surface area (Å²) in [6.07, 6.45) is 0. The minimum absolute atomic E-state index is 0.482. The molecule has 5 heterocycles. The molecule has 0 amide bonds. The molecule has 0 saturated carbocycles. The lowest BCUT2D eigenvalue weighted by atomic mass is 10.1. The summed E-state index contributed by atoms with van der Waals surface area (Å²) in [7, 11) is 0. The molecule has 8 nitrogen and oxygen atoms in total. The van der Waals surface area contributed by atoms with Crippen molar-refractivity contribution in [1.82, 2.24) is 29.1 Å². The van der Waals surface area contributed by atoms with Crippen molar-refractivity contribution in [1.29, 1.82) is 0 Å². The van der Waals surface area contributed by atoms with Gasteiger partial charge in [-0.3, -0.25) is 9.13 Å². The van der Waals surface area contributed by atoms with Crippen LogP contribution in [0.3, 0.4) is 0 Å². The molecule has 0 saturated heterocycles.